The van der Waals surface area contributed by atoms with Gasteiger partial charge in [-0.1, -0.05) is 23.7 Å². The third kappa shape index (κ3) is 6.89. The van der Waals surface area contributed by atoms with Crippen molar-refractivity contribution in [1.82, 2.24) is 4.90 Å². The predicted octanol–water partition coefficient (Wildman–Crippen LogP) is 6.99. The maximum atomic E-state index is 13.0. The van der Waals surface area contributed by atoms with E-state index in [1.54, 1.807) is 42.5 Å². The highest BCUT2D eigenvalue weighted by Gasteiger charge is 2.35. The van der Waals surface area contributed by atoms with Crippen LogP contribution in [-0.2, 0) is 4.79 Å². The van der Waals surface area contributed by atoms with Crippen LogP contribution in [0.5, 0.6) is 17.2 Å². The normalized spacial score (nSPS) is 14.2. The summed E-state index contributed by atoms with van der Waals surface area (Å²) >= 11 is 8.81. The van der Waals surface area contributed by atoms with E-state index >= 15 is 0 Å². The Hall–Kier alpha value is -3.02. The van der Waals surface area contributed by atoms with Crippen LogP contribution in [0.4, 0.5) is 4.79 Å². The number of thioether (sulfide) groups is 1. The van der Waals surface area contributed by atoms with Gasteiger partial charge < -0.3 is 14.2 Å². The van der Waals surface area contributed by atoms with E-state index in [9.17, 15) is 14.4 Å². The molecule has 1 heterocycles. The minimum absolute atomic E-state index is 0.136. The molecule has 2 amide bonds. The van der Waals surface area contributed by atoms with Crippen molar-refractivity contribution in [3.05, 3.63) is 90.9 Å². The molecular weight excluding hydrogens is 641 g/mol. The summed E-state index contributed by atoms with van der Waals surface area (Å²) in [5, 5.41) is 0.154. The summed E-state index contributed by atoms with van der Waals surface area (Å²) in [7, 11) is 0. The monoisotopic (exact) mass is 663 g/mol. The first-order valence-electron chi connectivity index (χ1n) is 11.6. The third-order valence-corrected chi connectivity index (χ3v) is 7.31. The minimum atomic E-state index is -0.553. The number of imide groups is 1. The van der Waals surface area contributed by atoms with Crippen LogP contribution >= 0.6 is 46.0 Å². The SMILES string of the molecule is CCOc1cc(/C=C2\SC(=O)N(CCOc3cccc(C)c3)C2=O)cc(I)c1OC(=O)c1ccc(Cl)cc1. The standard InChI is InChI=1S/C28H23ClINO6S/c1-3-35-23-15-18(14-22(30)25(23)37-27(33)19-7-9-20(29)10-8-19)16-24-26(32)31(28(34)38-24)11-12-36-21-6-4-5-17(2)13-21/h4-10,13-16H,3,11-12H2,1-2H3/b24-16-. The highest BCUT2D eigenvalue weighted by atomic mass is 127. The first-order chi connectivity index (χ1) is 18.2. The molecule has 1 fully saturated rings. The molecule has 0 unspecified atom stereocenters. The summed E-state index contributed by atoms with van der Waals surface area (Å²) in [4.78, 5) is 39.6. The molecule has 3 aromatic carbocycles. The summed E-state index contributed by atoms with van der Waals surface area (Å²) in [5.74, 6) is 0.355. The van der Waals surface area contributed by atoms with Gasteiger partial charge >= 0.3 is 5.97 Å². The molecule has 0 N–H and O–H groups in total. The number of benzene rings is 3. The van der Waals surface area contributed by atoms with E-state index in [1.165, 1.54) is 4.90 Å². The molecule has 196 valence electrons. The van der Waals surface area contributed by atoms with Crippen LogP contribution in [0.2, 0.25) is 5.02 Å². The molecule has 0 aromatic heterocycles. The second kappa shape index (κ2) is 12.7. The Morgan fingerprint density at radius 3 is 2.55 bits per heavy atom. The van der Waals surface area contributed by atoms with Crippen LogP contribution in [0.15, 0.2) is 65.6 Å². The Morgan fingerprint density at radius 1 is 1.08 bits per heavy atom. The number of rotatable bonds is 9. The van der Waals surface area contributed by atoms with E-state index in [4.69, 9.17) is 25.8 Å². The van der Waals surface area contributed by atoms with Gasteiger partial charge in [0, 0.05) is 5.02 Å². The predicted molar refractivity (Wildman–Crippen MR) is 156 cm³/mol. The van der Waals surface area contributed by atoms with Gasteiger partial charge in [0.15, 0.2) is 11.5 Å². The number of hydrogen-bond acceptors (Lipinski definition) is 7. The Bertz CT molecular complexity index is 1410. The van der Waals surface area contributed by atoms with Crippen molar-refractivity contribution in [2.45, 2.75) is 13.8 Å². The molecule has 4 rings (SSSR count). The van der Waals surface area contributed by atoms with Crippen molar-refractivity contribution >= 4 is 69.1 Å². The van der Waals surface area contributed by atoms with Crippen LogP contribution in [0.3, 0.4) is 0 Å². The highest BCUT2D eigenvalue weighted by molar-refractivity contribution is 14.1. The number of carbonyl (C=O) groups is 3. The number of nitrogens with zero attached hydrogens (tertiary/aromatic N) is 1. The molecule has 0 aliphatic carbocycles. The van der Waals surface area contributed by atoms with Gasteiger partial charge in [0.2, 0.25) is 0 Å². The van der Waals surface area contributed by atoms with E-state index in [0.29, 0.717) is 37.8 Å². The zero-order valence-corrected chi connectivity index (χ0v) is 24.3. The molecule has 1 aliphatic heterocycles. The molecule has 0 saturated carbocycles. The van der Waals surface area contributed by atoms with Crippen molar-refractivity contribution in [2.75, 3.05) is 19.8 Å². The van der Waals surface area contributed by atoms with Crippen molar-refractivity contribution in [3.63, 3.8) is 0 Å². The van der Waals surface area contributed by atoms with Crippen molar-refractivity contribution in [3.8, 4) is 17.2 Å². The van der Waals surface area contributed by atoms with E-state index in [2.05, 4.69) is 0 Å². The fourth-order valence-electron chi connectivity index (χ4n) is 3.57. The minimum Gasteiger partial charge on any atom is -0.492 e. The maximum absolute atomic E-state index is 13.0. The van der Waals surface area contributed by atoms with Gasteiger partial charge in [0.1, 0.15) is 12.4 Å². The second-order valence-corrected chi connectivity index (χ2v) is 10.7. The summed E-state index contributed by atoms with van der Waals surface area (Å²) in [5.41, 5.74) is 2.03. The molecule has 38 heavy (non-hydrogen) atoms. The van der Waals surface area contributed by atoms with Crippen molar-refractivity contribution in [1.29, 1.82) is 0 Å². The quantitative estimate of drug-likeness (QED) is 0.106. The van der Waals surface area contributed by atoms with Crippen molar-refractivity contribution in [2.24, 2.45) is 0 Å². The Balaban J connectivity index is 1.49. The Kier molecular flexibility index (Phi) is 9.35. The lowest BCUT2D eigenvalue weighted by Crippen LogP contribution is -2.32. The first-order valence-corrected chi connectivity index (χ1v) is 13.9. The summed E-state index contributed by atoms with van der Waals surface area (Å²) in [6.07, 6.45) is 1.63. The van der Waals surface area contributed by atoms with Gasteiger partial charge in [-0.05, 0) is 114 Å². The van der Waals surface area contributed by atoms with E-state index in [1.807, 2.05) is 60.7 Å². The van der Waals surface area contributed by atoms with Gasteiger partial charge in [0.05, 0.1) is 27.2 Å². The van der Waals surface area contributed by atoms with Crippen LogP contribution in [0.25, 0.3) is 6.08 Å². The summed E-state index contributed by atoms with van der Waals surface area (Å²) in [6, 6.07) is 17.4. The largest absolute Gasteiger partial charge is 0.492 e. The molecule has 1 saturated heterocycles. The maximum Gasteiger partial charge on any atom is 0.343 e. The molecular formula is C28H23ClINO6S. The highest BCUT2D eigenvalue weighted by Crippen LogP contribution is 2.38. The third-order valence-electron chi connectivity index (χ3n) is 5.35. The number of halogens is 2. The number of carbonyl (C=O) groups excluding carboxylic acids is 3. The van der Waals surface area contributed by atoms with Gasteiger partial charge in [-0.15, -0.1) is 0 Å². The van der Waals surface area contributed by atoms with E-state index in [-0.39, 0.29) is 35.0 Å². The van der Waals surface area contributed by atoms with E-state index < -0.39 is 5.97 Å². The van der Waals surface area contributed by atoms with Gasteiger partial charge in [0.25, 0.3) is 11.1 Å². The zero-order valence-electron chi connectivity index (χ0n) is 20.5. The van der Waals surface area contributed by atoms with Gasteiger partial charge in [-0.3, -0.25) is 14.5 Å². The lowest BCUT2D eigenvalue weighted by molar-refractivity contribution is -0.123. The smallest absolute Gasteiger partial charge is 0.343 e. The molecule has 1 aliphatic rings. The fourth-order valence-corrected chi connectivity index (χ4v) is 5.30. The Morgan fingerprint density at radius 2 is 1.84 bits per heavy atom. The van der Waals surface area contributed by atoms with Crippen LogP contribution in [0, 0.1) is 10.5 Å². The van der Waals surface area contributed by atoms with Crippen molar-refractivity contribution < 1.29 is 28.6 Å². The number of amides is 2. The fraction of sp³-hybridized carbons (Fsp3) is 0.179. The summed E-state index contributed by atoms with van der Waals surface area (Å²) < 4.78 is 17.7. The van der Waals surface area contributed by atoms with Gasteiger partial charge in [-0.25, -0.2) is 4.79 Å². The van der Waals surface area contributed by atoms with E-state index in [0.717, 1.165) is 17.3 Å². The average molecular weight is 664 g/mol. The van der Waals surface area contributed by atoms with Gasteiger partial charge in [-0.2, -0.15) is 0 Å². The molecule has 7 nitrogen and oxygen atoms in total. The first kappa shape index (κ1) is 28.0. The summed E-state index contributed by atoms with van der Waals surface area (Å²) in [6.45, 7) is 4.44. The second-order valence-electron chi connectivity index (χ2n) is 8.16. The molecule has 10 heteroatoms. The Labute approximate surface area is 243 Å². The lowest BCUT2D eigenvalue weighted by Gasteiger charge is -2.14. The lowest BCUT2D eigenvalue weighted by atomic mass is 10.1. The molecule has 0 atom stereocenters. The number of hydrogen-bond donors (Lipinski definition) is 0. The number of esters is 1. The topological polar surface area (TPSA) is 82.1 Å². The molecule has 0 spiro atoms. The number of ether oxygens (including phenoxy) is 3. The zero-order chi connectivity index (χ0) is 27.2. The molecule has 3 aromatic rings. The van der Waals surface area contributed by atoms with Crippen LogP contribution < -0.4 is 14.2 Å². The average Bonchev–Trinajstić information content (AvgIpc) is 3.14. The van der Waals surface area contributed by atoms with Crippen LogP contribution in [0.1, 0.15) is 28.4 Å². The molecule has 0 radical (unpaired) electrons. The number of aryl methyl sites for hydroxylation is 1. The van der Waals surface area contributed by atoms with Crippen LogP contribution in [-0.4, -0.2) is 41.8 Å². The molecule has 0 bridgehead atoms.